The molecule has 3 aromatic rings. The number of carbonyl (C=O) groups excluding carboxylic acids is 1. The van der Waals surface area contributed by atoms with Gasteiger partial charge in [-0.3, -0.25) is 9.20 Å². The van der Waals surface area contributed by atoms with Gasteiger partial charge in [-0.1, -0.05) is 6.07 Å². The van der Waals surface area contributed by atoms with Gasteiger partial charge in [0.25, 0.3) is 0 Å². The molecule has 4 rings (SSSR count). The van der Waals surface area contributed by atoms with Crippen LogP contribution in [-0.2, 0) is 16.0 Å². The Labute approximate surface area is 135 Å². The number of amides is 1. The maximum absolute atomic E-state index is 12.4. The number of nitrogens with zero attached hydrogens (tertiary/aromatic N) is 3. The van der Waals surface area contributed by atoms with Gasteiger partial charge in [-0.15, -0.1) is 22.7 Å². The van der Waals surface area contributed by atoms with Crippen molar-refractivity contribution in [3.05, 3.63) is 34.8 Å². The van der Waals surface area contributed by atoms with Crippen molar-refractivity contribution in [2.45, 2.75) is 6.42 Å². The molecule has 3 aromatic heterocycles. The van der Waals surface area contributed by atoms with E-state index in [-0.39, 0.29) is 5.91 Å². The monoisotopic (exact) mass is 333 g/mol. The third-order valence-corrected chi connectivity index (χ3v) is 5.53. The second kappa shape index (κ2) is 5.83. The average Bonchev–Trinajstić information content (AvgIpc) is 3.25. The van der Waals surface area contributed by atoms with E-state index in [1.165, 1.54) is 0 Å². The zero-order chi connectivity index (χ0) is 14.9. The highest BCUT2D eigenvalue weighted by atomic mass is 32.1. The number of ether oxygens (including phenoxy) is 1. The molecular formula is C15H15N3O2S2. The van der Waals surface area contributed by atoms with Crippen LogP contribution in [0.15, 0.2) is 29.1 Å². The Bertz CT molecular complexity index is 785. The zero-order valence-corrected chi connectivity index (χ0v) is 13.5. The highest BCUT2D eigenvalue weighted by molar-refractivity contribution is 7.15. The molecule has 0 saturated carbocycles. The average molecular weight is 333 g/mol. The number of thiophene rings is 1. The van der Waals surface area contributed by atoms with Crippen LogP contribution in [0, 0.1) is 0 Å². The molecule has 0 aromatic carbocycles. The molecule has 1 amide bonds. The van der Waals surface area contributed by atoms with Gasteiger partial charge >= 0.3 is 0 Å². The Morgan fingerprint density at radius 2 is 2.18 bits per heavy atom. The number of carbonyl (C=O) groups is 1. The topological polar surface area (TPSA) is 46.8 Å². The molecule has 0 aliphatic carbocycles. The second-order valence-corrected chi connectivity index (χ2v) is 6.94. The fraction of sp³-hybridized carbons (Fsp3) is 0.333. The van der Waals surface area contributed by atoms with Crippen LogP contribution in [0.25, 0.3) is 15.5 Å². The smallest absolute Gasteiger partial charge is 0.228 e. The molecule has 1 saturated heterocycles. The number of rotatable bonds is 3. The lowest BCUT2D eigenvalue weighted by Crippen LogP contribution is -2.41. The van der Waals surface area contributed by atoms with Gasteiger partial charge in [-0.25, -0.2) is 4.98 Å². The Hall–Kier alpha value is -1.70. The number of hydrogen-bond acceptors (Lipinski definition) is 5. The molecule has 4 heterocycles. The maximum Gasteiger partial charge on any atom is 0.228 e. The van der Waals surface area contributed by atoms with E-state index in [9.17, 15) is 4.79 Å². The lowest BCUT2D eigenvalue weighted by atomic mass is 10.3. The fourth-order valence-electron chi connectivity index (χ4n) is 2.58. The van der Waals surface area contributed by atoms with E-state index in [1.807, 2.05) is 32.3 Å². The highest BCUT2D eigenvalue weighted by Crippen LogP contribution is 2.27. The maximum atomic E-state index is 12.4. The molecule has 7 heteroatoms. The van der Waals surface area contributed by atoms with Crippen LogP contribution < -0.4 is 0 Å². The minimum Gasteiger partial charge on any atom is -0.378 e. The van der Waals surface area contributed by atoms with Crippen LogP contribution >= 0.6 is 22.7 Å². The molecule has 5 nitrogen and oxygen atoms in total. The summed E-state index contributed by atoms with van der Waals surface area (Å²) in [4.78, 5) is 21.0. The molecule has 0 spiro atoms. The van der Waals surface area contributed by atoms with Crippen LogP contribution in [0.4, 0.5) is 0 Å². The number of aromatic nitrogens is 2. The number of morpholine rings is 1. The summed E-state index contributed by atoms with van der Waals surface area (Å²) in [7, 11) is 0. The summed E-state index contributed by atoms with van der Waals surface area (Å²) in [5, 5.41) is 4.07. The SMILES string of the molecule is O=C(Cc1csc2nc(-c3cccs3)cn12)N1CCOCC1. The molecule has 1 aliphatic heterocycles. The van der Waals surface area contributed by atoms with Crippen LogP contribution in [0.5, 0.6) is 0 Å². The van der Waals surface area contributed by atoms with Gasteiger partial charge in [0, 0.05) is 30.4 Å². The molecule has 114 valence electrons. The van der Waals surface area contributed by atoms with Gasteiger partial charge in [-0.2, -0.15) is 0 Å². The molecule has 1 aliphatic rings. The van der Waals surface area contributed by atoms with Gasteiger partial charge in [-0.05, 0) is 11.4 Å². The van der Waals surface area contributed by atoms with Crippen molar-refractivity contribution in [2.75, 3.05) is 26.3 Å². The predicted molar refractivity (Wildman–Crippen MR) is 87.5 cm³/mol. The number of fused-ring (bicyclic) bond motifs is 1. The molecule has 0 radical (unpaired) electrons. The quantitative estimate of drug-likeness (QED) is 0.740. The van der Waals surface area contributed by atoms with Gasteiger partial charge in [0.1, 0.15) is 5.69 Å². The van der Waals surface area contributed by atoms with Gasteiger partial charge in [0.15, 0.2) is 4.96 Å². The number of imidazole rings is 1. The van der Waals surface area contributed by atoms with E-state index in [0.717, 1.165) is 21.2 Å². The summed E-state index contributed by atoms with van der Waals surface area (Å²) in [5.74, 6) is 0.161. The van der Waals surface area contributed by atoms with E-state index in [4.69, 9.17) is 4.74 Å². The molecule has 0 bridgehead atoms. The number of thiazole rings is 1. The van der Waals surface area contributed by atoms with E-state index < -0.39 is 0 Å². The van der Waals surface area contributed by atoms with Gasteiger partial charge in [0.05, 0.1) is 24.5 Å². The standard InChI is InChI=1S/C15H15N3O2S2/c19-14(17-3-5-20-6-4-17)8-11-10-22-15-16-12(9-18(11)15)13-2-1-7-21-13/h1-2,7,9-10H,3-6,8H2. The largest absolute Gasteiger partial charge is 0.378 e. The number of hydrogen-bond donors (Lipinski definition) is 0. The van der Waals surface area contributed by atoms with Crippen LogP contribution in [-0.4, -0.2) is 46.5 Å². The van der Waals surface area contributed by atoms with Crippen molar-refractivity contribution in [3.8, 4) is 10.6 Å². The summed E-state index contributed by atoms with van der Waals surface area (Å²) < 4.78 is 7.33. The summed E-state index contributed by atoms with van der Waals surface area (Å²) in [5.41, 5.74) is 1.98. The lowest BCUT2D eigenvalue weighted by molar-refractivity contribution is -0.134. The fourth-order valence-corrected chi connectivity index (χ4v) is 4.13. The van der Waals surface area contributed by atoms with E-state index in [0.29, 0.717) is 32.7 Å². The Morgan fingerprint density at radius 3 is 2.95 bits per heavy atom. The first-order valence-corrected chi connectivity index (χ1v) is 8.92. The minimum atomic E-state index is 0.161. The van der Waals surface area contributed by atoms with Gasteiger partial charge < -0.3 is 9.64 Å². The highest BCUT2D eigenvalue weighted by Gasteiger charge is 2.19. The van der Waals surface area contributed by atoms with Crippen molar-refractivity contribution in [1.82, 2.24) is 14.3 Å². The van der Waals surface area contributed by atoms with E-state index in [2.05, 4.69) is 11.1 Å². The Balaban J connectivity index is 1.58. The normalized spacial score (nSPS) is 15.5. The molecular weight excluding hydrogens is 318 g/mol. The lowest BCUT2D eigenvalue weighted by Gasteiger charge is -2.26. The third kappa shape index (κ3) is 2.55. The zero-order valence-electron chi connectivity index (χ0n) is 11.9. The van der Waals surface area contributed by atoms with Crippen molar-refractivity contribution >= 4 is 33.5 Å². The van der Waals surface area contributed by atoms with Crippen molar-refractivity contribution in [1.29, 1.82) is 0 Å². The van der Waals surface area contributed by atoms with E-state index >= 15 is 0 Å². The molecule has 0 N–H and O–H groups in total. The molecule has 1 fully saturated rings. The third-order valence-electron chi connectivity index (χ3n) is 3.75. The van der Waals surface area contributed by atoms with Crippen molar-refractivity contribution in [2.24, 2.45) is 0 Å². The second-order valence-electron chi connectivity index (χ2n) is 5.15. The summed E-state index contributed by atoms with van der Waals surface area (Å²) in [6, 6.07) is 4.09. The first kappa shape index (κ1) is 13.9. The van der Waals surface area contributed by atoms with Crippen molar-refractivity contribution < 1.29 is 9.53 Å². The Morgan fingerprint density at radius 1 is 1.32 bits per heavy atom. The molecule has 22 heavy (non-hydrogen) atoms. The summed E-state index contributed by atoms with van der Waals surface area (Å²) >= 11 is 3.26. The Kier molecular flexibility index (Phi) is 3.69. The summed E-state index contributed by atoms with van der Waals surface area (Å²) in [6.45, 7) is 2.66. The summed E-state index contributed by atoms with van der Waals surface area (Å²) in [6.07, 6.45) is 2.44. The predicted octanol–water partition coefficient (Wildman–Crippen LogP) is 2.53. The molecule has 0 atom stereocenters. The van der Waals surface area contributed by atoms with E-state index in [1.54, 1.807) is 22.7 Å². The van der Waals surface area contributed by atoms with Crippen molar-refractivity contribution in [3.63, 3.8) is 0 Å². The minimum absolute atomic E-state index is 0.161. The van der Waals surface area contributed by atoms with Crippen LogP contribution in [0.3, 0.4) is 0 Å². The first-order valence-electron chi connectivity index (χ1n) is 7.16. The van der Waals surface area contributed by atoms with Crippen LogP contribution in [0.2, 0.25) is 0 Å². The first-order chi connectivity index (χ1) is 10.8. The van der Waals surface area contributed by atoms with Gasteiger partial charge in [0.2, 0.25) is 5.91 Å². The van der Waals surface area contributed by atoms with Crippen LogP contribution in [0.1, 0.15) is 5.69 Å². The molecule has 0 unspecified atom stereocenters.